The zero-order chi connectivity index (χ0) is 28.4. The number of carbonyl (C=O) groups is 2. The van der Waals surface area contributed by atoms with Crippen molar-refractivity contribution in [2.24, 2.45) is 0 Å². The number of amides is 3. The summed E-state index contributed by atoms with van der Waals surface area (Å²) in [5, 5.41) is 20.4. The summed E-state index contributed by atoms with van der Waals surface area (Å²) in [6.45, 7) is 5.99. The fraction of sp³-hybridized carbons (Fsp3) is 0.179. The van der Waals surface area contributed by atoms with Crippen molar-refractivity contribution in [2.45, 2.75) is 26.3 Å². The second-order valence-corrected chi connectivity index (χ2v) is 9.96. The van der Waals surface area contributed by atoms with E-state index in [0.29, 0.717) is 17.1 Å². The van der Waals surface area contributed by atoms with Crippen LogP contribution in [0.5, 0.6) is 11.5 Å². The lowest BCUT2D eigenvalue weighted by atomic mass is 10.1. The van der Waals surface area contributed by atoms with Gasteiger partial charge in [-0.25, -0.2) is 9.18 Å². The molecule has 204 valence electrons. The van der Waals surface area contributed by atoms with Crippen LogP contribution in [-0.2, 0) is 5.54 Å². The van der Waals surface area contributed by atoms with E-state index >= 15 is 0 Å². The van der Waals surface area contributed by atoms with Crippen LogP contribution < -0.4 is 20.7 Å². The van der Waals surface area contributed by atoms with Crippen LogP contribution in [0.15, 0.2) is 67.1 Å². The summed E-state index contributed by atoms with van der Waals surface area (Å²) in [7, 11) is 1.49. The van der Waals surface area contributed by atoms with Crippen LogP contribution in [0.25, 0.3) is 22.2 Å². The van der Waals surface area contributed by atoms with E-state index < -0.39 is 11.8 Å². The SMILES string of the molecule is CNC(=O)c1cc(Oc2ccc(NC(=O)Nc3cn(C(C)(C)C)nc3-c3ccc4[nH]ncc4c3)c(F)c2)ccn1. The topological polar surface area (TPSA) is 139 Å². The largest absolute Gasteiger partial charge is 0.457 e. The summed E-state index contributed by atoms with van der Waals surface area (Å²) in [6, 6.07) is 12.1. The van der Waals surface area contributed by atoms with E-state index in [1.54, 1.807) is 23.1 Å². The van der Waals surface area contributed by atoms with Crippen molar-refractivity contribution < 1.29 is 18.7 Å². The third-order valence-corrected chi connectivity index (χ3v) is 5.98. The Morgan fingerprint density at radius 3 is 2.52 bits per heavy atom. The molecule has 0 radical (unpaired) electrons. The molecule has 11 nitrogen and oxygen atoms in total. The van der Waals surface area contributed by atoms with Gasteiger partial charge in [-0.05, 0) is 51.1 Å². The Labute approximate surface area is 228 Å². The molecular weight excluding hydrogens is 515 g/mol. The minimum atomic E-state index is -0.704. The van der Waals surface area contributed by atoms with Gasteiger partial charge in [0, 0.05) is 42.5 Å². The normalized spacial score (nSPS) is 11.3. The van der Waals surface area contributed by atoms with E-state index in [-0.39, 0.29) is 28.6 Å². The van der Waals surface area contributed by atoms with Crippen molar-refractivity contribution in [1.82, 2.24) is 30.3 Å². The second-order valence-electron chi connectivity index (χ2n) is 9.96. The zero-order valence-corrected chi connectivity index (χ0v) is 22.2. The first kappa shape index (κ1) is 26.4. The molecule has 12 heteroatoms. The van der Waals surface area contributed by atoms with E-state index in [0.717, 1.165) is 22.5 Å². The number of urea groups is 1. The summed E-state index contributed by atoms with van der Waals surface area (Å²) in [6.07, 6.45) is 4.87. The molecule has 0 aliphatic rings. The van der Waals surface area contributed by atoms with Gasteiger partial charge in [0.2, 0.25) is 0 Å². The minimum Gasteiger partial charge on any atom is -0.457 e. The van der Waals surface area contributed by atoms with Crippen LogP contribution in [0.1, 0.15) is 31.3 Å². The average Bonchev–Trinajstić information content (AvgIpc) is 3.56. The standard InChI is InChI=1S/C28H27FN8O3/c1-28(2,3)37-15-24(25(36-37)16-5-7-21-17(11-16)14-32-35-21)34-27(39)33-22-8-6-18(12-20(22)29)40-19-9-10-31-23(13-19)26(38)30-4/h5-15H,1-4H3,(H,30,38)(H,32,35)(H2,33,34,39). The van der Waals surface area contributed by atoms with Gasteiger partial charge in [-0.3, -0.25) is 19.6 Å². The van der Waals surface area contributed by atoms with Gasteiger partial charge in [0.15, 0.2) is 0 Å². The van der Waals surface area contributed by atoms with Crippen molar-refractivity contribution in [3.8, 4) is 22.8 Å². The van der Waals surface area contributed by atoms with Gasteiger partial charge in [-0.15, -0.1) is 0 Å². The Kier molecular flexibility index (Phi) is 6.91. The van der Waals surface area contributed by atoms with E-state index in [9.17, 15) is 14.0 Å². The Hall–Kier alpha value is -5.26. The molecule has 5 rings (SSSR count). The summed E-state index contributed by atoms with van der Waals surface area (Å²) in [4.78, 5) is 28.7. The first-order chi connectivity index (χ1) is 19.1. The molecule has 3 aromatic heterocycles. The molecule has 0 aliphatic carbocycles. The molecule has 0 fully saturated rings. The van der Waals surface area contributed by atoms with Crippen LogP contribution in [0.4, 0.5) is 20.6 Å². The molecule has 3 amide bonds. The number of ether oxygens (including phenoxy) is 1. The van der Waals surface area contributed by atoms with Crippen molar-refractivity contribution >= 4 is 34.2 Å². The van der Waals surface area contributed by atoms with Gasteiger partial charge in [0.25, 0.3) is 5.91 Å². The molecule has 0 unspecified atom stereocenters. The van der Waals surface area contributed by atoms with Gasteiger partial charge in [-0.1, -0.05) is 6.07 Å². The van der Waals surface area contributed by atoms with Crippen LogP contribution in [0.2, 0.25) is 0 Å². The highest BCUT2D eigenvalue weighted by atomic mass is 19.1. The molecule has 40 heavy (non-hydrogen) atoms. The monoisotopic (exact) mass is 542 g/mol. The molecular formula is C28H27FN8O3. The number of hydrogen-bond donors (Lipinski definition) is 4. The number of fused-ring (bicyclic) bond motifs is 1. The molecule has 3 heterocycles. The third kappa shape index (κ3) is 5.60. The highest BCUT2D eigenvalue weighted by molar-refractivity contribution is 6.02. The fourth-order valence-electron chi connectivity index (χ4n) is 3.91. The lowest BCUT2D eigenvalue weighted by molar-refractivity contribution is 0.0957. The highest BCUT2D eigenvalue weighted by Gasteiger charge is 2.21. The number of nitrogens with one attached hydrogen (secondary N) is 4. The number of carbonyl (C=O) groups excluding carboxylic acids is 2. The van der Waals surface area contributed by atoms with E-state index in [4.69, 9.17) is 9.84 Å². The minimum absolute atomic E-state index is 0.0461. The molecule has 0 saturated carbocycles. The number of nitrogens with zero attached hydrogens (tertiary/aromatic N) is 4. The van der Waals surface area contributed by atoms with Gasteiger partial charge in [-0.2, -0.15) is 10.2 Å². The molecule has 0 aliphatic heterocycles. The number of H-pyrrole nitrogens is 1. The first-order valence-electron chi connectivity index (χ1n) is 12.4. The summed E-state index contributed by atoms with van der Waals surface area (Å²) in [5.41, 5.74) is 2.46. The highest BCUT2D eigenvalue weighted by Crippen LogP contribution is 2.32. The Morgan fingerprint density at radius 2 is 1.77 bits per heavy atom. The number of pyridine rings is 1. The predicted octanol–water partition coefficient (Wildman–Crippen LogP) is 5.51. The van der Waals surface area contributed by atoms with E-state index in [2.05, 4.69) is 31.1 Å². The number of aromatic amines is 1. The fourth-order valence-corrected chi connectivity index (χ4v) is 3.91. The number of halogens is 1. The van der Waals surface area contributed by atoms with Crippen LogP contribution >= 0.6 is 0 Å². The predicted molar refractivity (Wildman–Crippen MR) is 149 cm³/mol. The lowest BCUT2D eigenvalue weighted by Crippen LogP contribution is -2.22. The van der Waals surface area contributed by atoms with Crippen molar-refractivity contribution in [2.75, 3.05) is 17.7 Å². The molecule has 0 atom stereocenters. The smallest absolute Gasteiger partial charge is 0.323 e. The Balaban J connectivity index is 1.34. The van der Waals surface area contributed by atoms with E-state index in [1.165, 1.54) is 31.4 Å². The summed E-state index contributed by atoms with van der Waals surface area (Å²) < 4.78 is 22.3. The maximum absolute atomic E-state index is 14.9. The Bertz CT molecular complexity index is 1720. The van der Waals surface area contributed by atoms with Crippen LogP contribution in [-0.4, -0.2) is 43.9 Å². The lowest BCUT2D eigenvalue weighted by Gasteiger charge is -2.18. The van der Waals surface area contributed by atoms with E-state index in [1.807, 2.05) is 39.0 Å². The molecule has 0 bridgehead atoms. The van der Waals surface area contributed by atoms with Gasteiger partial charge in [0.1, 0.15) is 28.7 Å². The zero-order valence-electron chi connectivity index (χ0n) is 22.2. The Morgan fingerprint density at radius 1 is 1.00 bits per heavy atom. The first-order valence-corrected chi connectivity index (χ1v) is 12.4. The number of rotatable bonds is 6. The summed E-state index contributed by atoms with van der Waals surface area (Å²) >= 11 is 0. The van der Waals surface area contributed by atoms with Gasteiger partial charge in [0.05, 0.1) is 28.6 Å². The van der Waals surface area contributed by atoms with Crippen LogP contribution in [0.3, 0.4) is 0 Å². The average molecular weight is 543 g/mol. The number of anilines is 2. The molecule has 0 saturated heterocycles. The molecule has 2 aromatic carbocycles. The maximum atomic E-state index is 14.9. The maximum Gasteiger partial charge on any atom is 0.323 e. The van der Waals surface area contributed by atoms with Crippen molar-refractivity contribution in [3.63, 3.8) is 0 Å². The number of aromatic nitrogens is 5. The molecule has 0 spiro atoms. The second kappa shape index (κ2) is 10.5. The summed E-state index contributed by atoms with van der Waals surface area (Å²) in [5.74, 6) is -0.589. The van der Waals surface area contributed by atoms with Crippen molar-refractivity contribution in [1.29, 1.82) is 0 Å². The van der Waals surface area contributed by atoms with Crippen LogP contribution in [0, 0.1) is 5.82 Å². The molecule has 5 aromatic rings. The number of benzene rings is 2. The van der Waals surface area contributed by atoms with Gasteiger partial charge >= 0.3 is 6.03 Å². The third-order valence-electron chi connectivity index (χ3n) is 5.98. The quantitative estimate of drug-likeness (QED) is 0.223. The number of hydrogen-bond acceptors (Lipinski definition) is 6. The molecule has 4 N–H and O–H groups in total. The van der Waals surface area contributed by atoms with Crippen molar-refractivity contribution in [3.05, 3.63) is 78.6 Å². The van der Waals surface area contributed by atoms with Gasteiger partial charge < -0.3 is 20.7 Å².